The van der Waals surface area contributed by atoms with Gasteiger partial charge in [-0.3, -0.25) is 14.3 Å². The highest BCUT2D eigenvalue weighted by atomic mass is 19.1. The van der Waals surface area contributed by atoms with Gasteiger partial charge < -0.3 is 9.84 Å². The predicted octanol–water partition coefficient (Wildman–Crippen LogP) is -0.304. The summed E-state index contributed by atoms with van der Waals surface area (Å²) in [6, 6.07) is 1.10. The Labute approximate surface area is 89.3 Å². The number of hydrogen-bond acceptors (Lipinski definition) is 4. The molecule has 1 radical (unpaired) electrons. The lowest BCUT2D eigenvalue weighted by Crippen LogP contribution is -2.34. The average Bonchev–Trinajstić information content (AvgIpc) is 2.60. The zero-order chi connectivity index (χ0) is 11.7. The van der Waals surface area contributed by atoms with Gasteiger partial charge >= 0.3 is 5.69 Å². The summed E-state index contributed by atoms with van der Waals surface area (Å²) in [7, 11) is 0. The van der Waals surface area contributed by atoms with Crippen molar-refractivity contribution in [3.8, 4) is 0 Å². The van der Waals surface area contributed by atoms with Gasteiger partial charge in [0, 0.05) is 18.7 Å². The van der Waals surface area contributed by atoms with Crippen molar-refractivity contribution in [1.29, 1.82) is 0 Å². The standard InChI is InChI=1S/C9H10FN2O4/c10-6-3-5(4-13)16-8(6)12-2-1-7(14)11-9(12)15/h1-2,4-6,8,13H,3H2,(H,11,14,15)/t5-,6?,8+/m0/s1. The quantitative estimate of drug-likeness (QED) is 0.729. The maximum atomic E-state index is 13.5. The van der Waals surface area contributed by atoms with Gasteiger partial charge in [-0.15, -0.1) is 0 Å². The molecule has 6 nitrogen and oxygen atoms in total. The van der Waals surface area contributed by atoms with Crippen molar-refractivity contribution >= 4 is 0 Å². The summed E-state index contributed by atoms with van der Waals surface area (Å²) in [4.78, 5) is 24.2. The molecular weight excluding hydrogens is 219 g/mol. The van der Waals surface area contributed by atoms with E-state index in [9.17, 15) is 14.0 Å². The topological polar surface area (TPSA) is 84.3 Å². The number of rotatable bonds is 2. The number of halogens is 1. The molecule has 1 saturated heterocycles. The molecule has 1 unspecified atom stereocenters. The minimum Gasteiger partial charge on any atom is -0.388 e. The van der Waals surface area contributed by atoms with Crippen LogP contribution in [-0.2, 0) is 4.74 Å². The molecule has 0 bridgehead atoms. The van der Waals surface area contributed by atoms with E-state index in [0.717, 1.165) is 23.4 Å². The van der Waals surface area contributed by atoms with Crippen LogP contribution in [0.2, 0.25) is 0 Å². The van der Waals surface area contributed by atoms with Crippen molar-refractivity contribution in [2.24, 2.45) is 0 Å². The molecule has 0 aliphatic carbocycles. The van der Waals surface area contributed by atoms with E-state index in [4.69, 9.17) is 9.84 Å². The Balaban J connectivity index is 2.31. The van der Waals surface area contributed by atoms with Gasteiger partial charge in [-0.05, 0) is 0 Å². The van der Waals surface area contributed by atoms with Crippen molar-refractivity contribution in [2.45, 2.75) is 24.9 Å². The first-order chi connectivity index (χ1) is 7.61. The molecule has 7 heteroatoms. The van der Waals surface area contributed by atoms with Gasteiger partial charge in [-0.2, -0.15) is 0 Å². The van der Waals surface area contributed by atoms with Crippen LogP contribution in [0.3, 0.4) is 0 Å². The van der Waals surface area contributed by atoms with Gasteiger partial charge in [-0.25, -0.2) is 9.18 Å². The Hall–Kier alpha value is -1.47. The van der Waals surface area contributed by atoms with Gasteiger partial charge in [0.1, 0.15) is 12.8 Å². The number of hydrogen-bond donors (Lipinski definition) is 2. The number of ether oxygens (including phenoxy) is 1. The first kappa shape index (κ1) is 11.0. The molecule has 2 rings (SSSR count). The van der Waals surface area contributed by atoms with E-state index >= 15 is 0 Å². The van der Waals surface area contributed by atoms with Crippen molar-refractivity contribution in [3.63, 3.8) is 0 Å². The molecule has 2 heterocycles. The Morgan fingerprint density at radius 2 is 2.38 bits per heavy atom. The maximum absolute atomic E-state index is 13.5. The third-order valence-electron chi connectivity index (χ3n) is 2.37. The molecule has 87 valence electrons. The summed E-state index contributed by atoms with van der Waals surface area (Å²) in [5.74, 6) is 0. The van der Waals surface area contributed by atoms with E-state index in [0.29, 0.717) is 0 Å². The SMILES string of the molecule is O=c1ccn([C@@H]2O[C@H]([CH]O)CC2F)c(=O)[nH]1. The van der Waals surface area contributed by atoms with E-state index < -0.39 is 29.8 Å². The molecule has 1 aromatic heterocycles. The highest BCUT2D eigenvalue weighted by molar-refractivity contribution is 4.90. The van der Waals surface area contributed by atoms with Crippen LogP contribution in [0.4, 0.5) is 4.39 Å². The number of nitrogens with zero attached hydrogens (tertiary/aromatic N) is 1. The molecule has 16 heavy (non-hydrogen) atoms. The van der Waals surface area contributed by atoms with Crippen molar-refractivity contribution in [2.75, 3.05) is 0 Å². The fourth-order valence-electron chi connectivity index (χ4n) is 1.62. The van der Waals surface area contributed by atoms with Crippen molar-refractivity contribution < 1.29 is 14.2 Å². The van der Waals surface area contributed by atoms with E-state index in [1.54, 1.807) is 0 Å². The van der Waals surface area contributed by atoms with Crippen molar-refractivity contribution in [1.82, 2.24) is 9.55 Å². The van der Waals surface area contributed by atoms with Crippen LogP contribution in [0.1, 0.15) is 12.6 Å². The number of aromatic nitrogens is 2. The number of aliphatic hydroxyl groups excluding tert-OH is 1. The van der Waals surface area contributed by atoms with Gasteiger partial charge in [-0.1, -0.05) is 0 Å². The fraction of sp³-hybridized carbons (Fsp3) is 0.444. The summed E-state index contributed by atoms with van der Waals surface area (Å²) in [6.07, 6.45) is -2.11. The van der Waals surface area contributed by atoms with Gasteiger partial charge in [0.05, 0.1) is 6.10 Å². The normalized spacial score (nSPS) is 29.5. The van der Waals surface area contributed by atoms with E-state index in [1.807, 2.05) is 4.98 Å². The van der Waals surface area contributed by atoms with Gasteiger partial charge in [0.15, 0.2) is 6.23 Å². The minimum atomic E-state index is -1.41. The van der Waals surface area contributed by atoms with Crippen LogP contribution in [0, 0.1) is 6.61 Å². The van der Waals surface area contributed by atoms with E-state index in [2.05, 4.69) is 0 Å². The maximum Gasteiger partial charge on any atom is 0.330 e. The minimum absolute atomic E-state index is 0.0211. The largest absolute Gasteiger partial charge is 0.388 e. The summed E-state index contributed by atoms with van der Waals surface area (Å²) in [6.45, 7) is 0.739. The molecule has 1 aliphatic heterocycles. The number of aromatic amines is 1. The summed E-state index contributed by atoms with van der Waals surface area (Å²) in [5.41, 5.74) is -1.29. The van der Waals surface area contributed by atoms with Crippen LogP contribution in [0.15, 0.2) is 21.9 Å². The first-order valence-corrected chi connectivity index (χ1v) is 4.70. The third-order valence-corrected chi connectivity index (χ3v) is 2.37. The Kier molecular flexibility index (Phi) is 2.88. The molecule has 0 amide bonds. The molecule has 1 aliphatic rings. The zero-order valence-electron chi connectivity index (χ0n) is 8.17. The second-order valence-corrected chi connectivity index (χ2v) is 3.48. The van der Waals surface area contributed by atoms with Crippen LogP contribution in [-0.4, -0.2) is 26.9 Å². The Bertz CT molecular complexity index is 483. The summed E-state index contributed by atoms with van der Waals surface area (Å²) in [5, 5.41) is 8.70. The first-order valence-electron chi connectivity index (χ1n) is 4.70. The predicted molar refractivity (Wildman–Crippen MR) is 51.0 cm³/mol. The number of aliphatic hydroxyl groups is 1. The molecule has 0 aromatic carbocycles. The highest BCUT2D eigenvalue weighted by Gasteiger charge is 2.36. The van der Waals surface area contributed by atoms with Gasteiger partial charge in [0.25, 0.3) is 5.56 Å². The zero-order valence-corrected chi connectivity index (χ0v) is 8.17. The molecule has 2 N–H and O–H groups in total. The molecule has 1 fully saturated rings. The van der Waals surface area contributed by atoms with Gasteiger partial charge in [0.2, 0.25) is 0 Å². The molecule has 1 aromatic rings. The number of alkyl halides is 1. The number of H-pyrrole nitrogens is 1. The second-order valence-electron chi connectivity index (χ2n) is 3.48. The van der Waals surface area contributed by atoms with Crippen molar-refractivity contribution in [3.05, 3.63) is 39.7 Å². The van der Waals surface area contributed by atoms with Crippen LogP contribution in [0.25, 0.3) is 0 Å². The molecule has 3 atom stereocenters. The lowest BCUT2D eigenvalue weighted by molar-refractivity contribution is -0.0234. The molecule has 0 spiro atoms. The lowest BCUT2D eigenvalue weighted by Gasteiger charge is -2.15. The Morgan fingerprint density at radius 1 is 1.62 bits per heavy atom. The number of nitrogens with one attached hydrogen (secondary N) is 1. The smallest absolute Gasteiger partial charge is 0.330 e. The molecule has 0 saturated carbocycles. The van der Waals surface area contributed by atoms with Crippen LogP contribution >= 0.6 is 0 Å². The summed E-state index contributed by atoms with van der Waals surface area (Å²) < 4.78 is 19.5. The third kappa shape index (κ3) is 1.91. The highest BCUT2D eigenvalue weighted by Crippen LogP contribution is 2.30. The average molecular weight is 229 g/mol. The second kappa shape index (κ2) is 4.18. The Morgan fingerprint density at radius 3 is 2.94 bits per heavy atom. The lowest BCUT2D eigenvalue weighted by atomic mass is 10.2. The van der Waals surface area contributed by atoms with Crippen LogP contribution in [0.5, 0.6) is 0 Å². The molecular formula is C9H10FN2O4. The van der Waals surface area contributed by atoms with Crippen LogP contribution < -0.4 is 11.2 Å². The summed E-state index contributed by atoms with van der Waals surface area (Å²) >= 11 is 0. The van der Waals surface area contributed by atoms with E-state index in [1.165, 1.54) is 0 Å². The fourth-order valence-corrected chi connectivity index (χ4v) is 1.62. The monoisotopic (exact) mass is 229 g/mol. The van der Waals surface area contributed by atoms with E-state index in [-0.39, 0.29) is 6.42 Å².